The highest BCUT2D eigenvalue weighted by atomic mass is 16.5. The number of nitrogens with one attached hydrogen (secondary N) is 2. The molecule has 0 aliphatic carbocycles. The van der Waals surface area contributed by atoms with E-state index >= 15 is 0 Å². The number of amides is 3. The van der Waals surface area contributed by atoms with Gasteiger partial charge in [-0.25, -0.2) is 0 Å². The Morgan fingerprint density at radius 2 is 1.56 bits per heavy atom. The van der Waals surface area contributed by atoms with Gasteiger partial charge in [-0.15, -0.1) is 0 Å². The second kappa shape index (κ2) is 13.7. The molecule has 3 aromatic carbocycles. The van der Waals surface area contributed by atoms with E-state index in [4.69, 9.17) is 10.5 Å². The monoisotopic (exact) mass is 487 g/mol. The minimum atomic E-state index is -0.841. The fourth-order valence-electron chi connectivity index (χ4n) is 3.64. The molecule has 7 nitrogen and oxygen atoms in total. The zero-order chi connectivity index (χ0) is 25.8. The van der Waals surface area contributed by atoms with Gasteiger partial charge in [0, 0.05) is 18.5 Å². The lowest BCUT2D eigenvalue weighted by Gasteiger charge is -2.19. The molecule has 0 radical (unpaired) electrons. The number of nitrogens with two attached hydrogens (primary N) is 1. The lowest BCUT2D eigenvalue weighted by Crippen LogP contribution is -2.40. The number of benzene rings is 3. The van der Waals surface area contributed by atoms with E-state index in [1.807, 2.05) is 30.3 Å². The smallest absolute Gasteiger partial charge is 0.248 e. The quantitative estimate of drug-likeness (QED) is 0.310. The van der Waals surface area contributed by atoms with Crippen molar-refractivity contribution in [3.8, 4) is 5.75 Å². The average molecular weight is 488 g/mol. The zero-order valence-corrected chi connectivity index (χ0v) is 20.5. The number of ether oxygens (including phenoxy) is 1. The fourth-order valence-corrected chi connectivity index (χ4v) is 3.64. The molecule has 0 bridgehead atoms. The number of hydrogen-bond donors (Lipinski definition) is 3. The first-order valence-corrected chi connectivity index (χ1v) is 12.2. The lowest BCUT2D eigenvalue weighted by molar-refractivity contribution is -0.129. The van der Waals surface area contributed by atoms with Crippen LogP contribution in [0.3, 0.4) is 0 Å². The van der Waals surface area contributed by atoms with Crippen molar-refractivity contribution in [1.29, 1.82) is 0 Å². The molecular formula is C29H33N3O4. The van der Waals surface area contributed by atoms with Gasteiger partial charge in [0.1, 0.15) is 18.4 Å². The molecule has 36 heavy (non-hydrogen) atoms. The van der Waals surface area contributed by atoms with Crippen molar-refractivity contribution in [2.75, 3.05) is 0 Å². The van der Waals surface area contributed by atoms with Crippen LogP contribution in [-0.4, -0.2) is 17.7 Å². The van der Waals surface area contributed by atoms with Crippen molar-refractivity contribution in [2.45, 2.75) is 51.8 Å². The zero-order valence-electron chi connectivity index (χ0n) is 20.5. The van der Waals surface area contributed by atoms with Gasteiger partial charge in [0.05, 0.1) is 0 Å². The molecule has 0 aliphatic rings. The number of rotatable bonds is 13. The topological polar surface area (TPSA) is 111 Å². The highest BCUT2D eigenvalue weighted by molar-refractivity contribution is 5.92. The second-order valence-electron chi connectivity index (χ2n) is 8.58. The van der Waals surface area contributed by atoms with Crippen molar-refractivity contribution >= 4 is 17.7 Å². The normalized spacial score (nSPS) is 11.4. The molecule has 0 aromatic heterocycles. The van der Waals surface area contributed by atoms with Gasteiger partial charge in [0.25, 0.3) is 0 Å². The van der Waals surface area contributed by atoms with Crippen molar-refractivity contribution in [2.24, 2.45) is 5.73 Å². The van der Waals surface area contributed by atoms with Crippen LogP contribution in [-0.2, 0) is 22.7 Å². The Bertz CT molecular complexity index is 1130. The molecule has 3 amide bonds. The number of carbonyl (C=O) groups is 3. The number of hydrogen-bond acceptors (Lipinski definition) is 4. The standard InChI is InChI=1S/C29H33N3O4/c1-2-3-5-10-26(33)32-27(29(35)31-19-21-11-13-24(14-12-21)28(30)34)23-15-17-25(18-16-23)36-20-22-8-6-4-7-9-22/h4,6-9,11-18,27H,2-3,5,10,19-20H2,1H3,(H2,30,34)(H,31,35)(H,32,33)/t27-/m0/s1. The highest BCUT2D eigenvalue weighted by Gasteiger charge is 2.22. The summed E-state index contributed by atoms with van der Waals surface area (Å²) in [5, 5.41) is 5.76. The van der Waals surface area contributed by atoms with Crippen LogP contribution >= 0.6 is 0 Å². The van der Waals surface area contributed by atoms with Crippen LogP contribution in [0.5, 0.6) is 5.75 Å². The van der Waals surface area contributed by atoms with Crippen LogP contribution in [0.15, 0.2) is 78.9 Å². The first-order chi connectivity index (χ1) is 17.5. The van der Waals surface area contributed by atoms with Crippen LogP contribution in [0.2, 0.25) is 0 Å². The van der Waals surface area contributed by atoms with E-state index in [-0.39, 0.29) is 18.4 Å². The predicted molar refractivity (Wildman–Crippen MR) is 139 cm³/mol. The summed E-state index contributed by atoms with van der Waals surface area (Å²) in [4.78, 5) is 36.9. The lowest BCUT2D eigenvalue weighted by atomic mass is 10.0. The summed E-state index contributed by atoms with van der Waals surface area (Å²) in [7, 11) is 0. The molecule has 0 saturated carbocycles. The van der Waals surface area contributed by atoms with Gasteiger partial charge >= 0.3 is 0 Å². The van der Waals surface area contributed by atoms with E-state index < -0.39 is 11.9 Å². The maximum atomic E-state index is 13.1. The third-order valence-electron chi connectivity index (χ3n) is 5.74. The van der Waals surface area contributed by atoms with Gasteiger partial charge in [-0.05, 0) is 47.4 Å². The van der Waals surface area contributed by atoms with Crippen molar-refractivity contribution in [3.05, 3.63) is 101 Å². The number of carbonyl (C=O) groups excluding carboxylic acids is 3. The van der Waals surface area contributed by atoms with E-state index in [0.29, 0.717) is 29.9 Å². The van der Waals surface area contributed by atoms with Crippen LogP contribution in [0.1, 0.15) is 65.7 Å². The van der Waals surface area contributed by atoms with Gasteiger partial charge in [-0.3, -0.25) is 14.4 Å². The van der Waals surface area contributed by atoms with Crippen LogP contribution in [0.25, 0.3) is 0 Å². The van der Waals surface area contributed by atoms with E-state index in [0.717, 1.165) is 30.4 Å². The SMILES string of the molecule is CCCCCC(=O)N[C@H](C(=O)NCc1ccc(C(N)=O)cc1)c1ccc(OCc2ccccc2)cc1. The maximum Gasteiger partial charge on any atom is 0.248 e. The molecule has 0 aliphatic heterocycles. The highest BCUT2D eigenvalue weighted by Crippen LogP contribution is 2.20. The van der Waals surface area contributed by atoms with E-state index in [1.54, 1.807) is 48.5 Å². The first kappa shape index (κ1) is 26.5. The summed E-state index contributed by atoms with van der Waals surface area (Å²) < 4.78 is 5.84. The molecule has 0 fully saturated rings. The molecule has 0 saturated heterocycles. The van der Waals surface area contributed by atoms with Crippen LogP contribution < -0.4 is 21.1 Å². The molecule has 3 rings (SSSR count). The molecule has 3 aromatic rings. The largest absolute Gasteiger partial charge is 0.489 e. The predicted octanol–water partition coefficient (Wildman–Crippen LogP) is 4.42. The summed E-state index contributed by atoms with van der Waals surface area (Å²) >= 11 is 0. The third kappa shape index (κ3) is 8.27. The van der Waals surface area contributed by atoms with Crippen LogP contribution in [0, 0.1) is 0 Å². The van der Waals surface area contributed by atoms with Crippen molar-refractivity contribution in [3.63, 3.8) is 0 Å². The van der Waals surface area contributed by atoms with Gasteiger partial charge in [-0.1, -0.05) is 74.4 Å². The number of unbranched alkanes of at least 4 members (excludes halogenated alkanes) is 2. The van der Waals surface area contributed by atoms with Crippen LogP contribution in [0.4, 0.5) is 0 Å². The summed E-state index contributed by atoms with van der Waals surface area (Å²) in [5.74, 6) is -0.326. The third-order valence-corrected chi connectivity index (χ3v) is 5.74. The molecule has 4 N–H and O–H groups in total. The van der Waals surface area contributed by atoms with Gasteiger partial charge in [0.15, 0.2) is 0 Å². The Hall–Kier alpha value is -4.13. The number of primary amides is 1. The minimum Gasteiger partial charge on any atom is -0.489 e. The Morgan fingerprint density at radius 1 is 0.861 bits per heavy atom. The van der Waals surface area contributed by atoms with Gasteiger partial charge in [0.2, 0.25) is 17.7 Å². The molecule has 0 spiro atoms. The summed E-state index contributed by atoms with van der Waals surface area (Å²) in [5.41, 5.74) is 8.21. The summed E-state index contributed by atoms with van der Waals surface area (Å²) in [6.07, 6.45) is 3.11. The van der Waals surface area contributed by atoms with Crippen molar-refractivity contribution in [1.82, 2.24) is 10.6 Å². The minimum absolute atomic E-state index is 0.168. The Kier molecular flexibility index (Phi) is 10.1. The Morgan fingerprint density at radius 3 is 2.19 bits per heavy atom. The van der Waals surface area contributed by atoms with Crippen molar-refractivity contribution < 1.29 is 19.1 Å². The Balaban J connectivity index is 1.67. The maximum absolute atomic E-state index is 13.1. The van der Waals surface area contributed by atoms with E-state index in [9.17, 15) is 14.4 Å². The fraction of sp³-hybridized carbons (Fsp3) is 0.276. The molecular weight excluding hydrogens is 454 g/mol. The molecule has 0 unspecified atom stereocenters. The van der Waals surface area contributed by atoms with Gasteiger partial charge < -0.3 is 21.1 Å². The molecule has 1 atom stereocenters. The van der Waals surface area contributed by atoms with E-state index in [2.05, 4.69) is 17.6 Å². The Labute approximate surface area is 212 Å². The second-order valence-corrected chi connectivity index (χ2v) is 8.58. The van der Waals surface area contributed by atoms with E-state index in [1.165, 1.54) is 0 Å². The molecule has 188 valence electrons. The summed E-state index contributed by atoms with van der Waals surface area (Å²) in [6.45, 7) is 2.76. The average Bonchev–Trinajstić information content (AvgIpc) is 2.90. The summed E-state index contributed by atoms with van der Waals surface area (Å²) in [6, 6.07) is 22.9. The molecule has 7 heteroatoms. The molecule has 0 heterocycles. The first-order valence-electron chi connectivity index (χ1n) is 12.2. The van der Waals surface area contributed by atoms with Gasteiger partial charge in [-0.2, -0.15) is 0 Å².